The number of para-hydroxylation sites is 3. The summed E-state index contributed by atoms with van der Waals surface area (Å²) in [6.45, 7) is 4.80. The smallest absolute Gasteiger partial charge is 0.0720 e. The highest BCUT2D eigenvalue weighted by molar-refractivity contribution is 6.16. The van der Waals surface area contributed by atoms with Crippen molar-refractivity contribution in [2.45, 2.75) is 24.7 Å². The van der Waals surface area contributed by atoms with Crippen LogP contribution in [0.5, 0.6) is 0 Å². The van der Waals surface area contributed by atoms with E-state index in [1.165, 1.54) is 99.7 Å². The van der Waals surface area contributed by atoms with Crippen LogP contribution >= 0.6 is 0 Å². The first-order chi connectivity index (χ1) is 38.5. The molecule has 0 fully saturated rings. The number of hydrogen-bond acceptors (Lipinski definition) is 1. The Morgan fingerprint density at radius 1 is 0.295 bits per heavy atom. The van der Waals surface area contributed by atoms with Gasteiger partial charge < -0.3 is 9.47 Å². The maximum atomic E-state index is 2.54. The molecule has 1 aromatic heterocycles. The van der Waals surface area contributed by atoms with Gasteiger partial charge in [-0.2, -0.15) is 0 Å². The summed E-state index contributed by atoms with van der Waals surface area (Å²) in [7, 11) is 0. The molecule has 0 bridgehead atoms. The van der Waals surface area contributed by atoms with Crippen LogP contribution in [0.4, 0.5) is 17.1 Å². The second kappa shape index (κ2) is 17.9. The maximum Gasteiger partial charge on any atom is 0.0720 e. The van der Waals surface area contributed by atoms with E-state index in [0.29, 0.717) is 0 Å². The van der Waals surface area contributed by atoms with Crippen LogP contribution in [0.15, 0.2) is 291 Å². The molecule has 0 saturated heterocycles. The Labute approximate surface area is 456 Å². The Morgan fingerprint density at radius 2 is 0.769 bits per heavy atom. The number of anilines is 3. The molecule has 0 atom stereocenters. The van der Waals surface area contributed by atoms with Crippen LogP contribution < -0.4 is 4.90 Å². The lowest BCUT2D eigenvalue weighted by atomic mass is 9.55. The predicted molar refractivity (Wildman–Crippen MR) is 327 cm³/mol. The third-order valence-corrected chi connectivity index (χ3v) is 17.1. The van der Waals surface area contributed by atoms with Crippen LogP contribution in [-0.4, -0.2) is 4.57 Å². The van der Waals surface area contributed by atoms with Crippen molar-refractivity contribution in [1.82, 2.24) is 4.57 Å². The van der Waals surface area contributed by atoms with E-state index in [1.807, 2.05) is 0 Å². The van der Waals surface area contributed by atoms with E-state index < -0.39 is 5.41 Å². The van der Waals surface area contributed by atoms with Gasteiger partial charge >= 0.3 is 0 Å². The van der Waals surface area contributed by atoms with Gasteiger partial charge in [-0.05, 0) is 138 Å². The van der Waals surface area contributed by atoms with Gasteiger partial charge in [0.15, 0.2) is 0 Å². The molecule has 78 heavy (non-hydrogen) atoms. The Hall–Kier alpha value is -9.76. The molecule has 1 spiro atoms. The second-order valence-electron chi connectivity index (χ2n) is 21.5. The molecule has 1 heterocycles. The average Bonchev–Trinajstić information content (AvgIpc) is 4.20. The number of nitrogens with zero attached hydrogens (tertiary/aromatic N) is 2. The quantitative estimate of drug-likeness (QED) is 0.147. The number of aromatic nitrogens is 1. The van der Waals surface area contributed by atoms with E-state index >= 15 is 0 Å². The summed E-state index contributed by atoms with van der Waals surface area (Å²) >= 11 is 0. The van der Waals surface area contributed by atoms with Crippen LogP contribution in [0.2, 0.25) is 0 Å². The lowest BCUT2D eigenvalue weighted by molar-refractivity contribution is 0.563. The summed E-state index contributed by atoms with van der Waals surface area (Å²) in [5, 5.41) is 2.47. The zero-order valence-electron chi connectivity index (χ0n) is 43.6. The Kier molecular flexibility index (Phi) is 10.5. The van der Waals surface area contributed by atoms with E-state index in [2.05, 4.69) is 315 Å². The van der Waals surface area contributed by atoms with E-state index in [1.54, 1.807) is 0 Å². The van der Waals surface area contributed by atoms with Gasteiger partial charge in [0.1, 0.15) is 0 Å². The number of fused-ring (bicyclic) bond motifs is 12. The molecule has 0 unspecified atom stereocenters. The third-order valence-electron chi connectivity index (χ3n) is 17.1. The molecule has 0 aliphatic heterocycles. The lowest BCUT2D eigenvalue weighted by Crippen LogP contribution is -2.40. The highest BCUT2D eigenvalue weighted by Crippen LogP contribution is 2.63. The molecule has 2 heteroatoms. The lowest BCUT2D eigenvalue weighted by Gasteiger charge is -2.46. The highest BCUT2D eigenvalue weighted by atomic mass is 15.1. The van der Waals surface area contributed by atoms with Crippen molar-refractivity contribution in [1.29, 1.82) is 0 Å². The molecular formula is C76H54N2. The molecule has 2 nitrogen and oxygen atoms in total. The summed E-state index contributed by atoms with van der Waals surface area (Å²) < 4.78 is 2.41. The van der Waals surface area contributed by atoms with Gasteiger partial charge in [-0.3, -0.25) is 0 Å². The van der Waals surface area contributed by atoms with Crippen molar-refractivity contribution in [2.75, 3.05) is 4.90 Å². The Bertz CT molecular complexity index is 4430. The van der Waals surface area contributed by atoms with Crippen molar-refractivity contribution < 1.29 is 0 Å². The van der Waals surface area contributed by atoms with Crippen molar-refractivity contribution in [3.05, 3.63) is 325 Å². The molecule has 2 aliphatic rings. The first kappa shape index (κ1) is 45.6. The van der Waals surface area contributed by atoms with Crippen LogP contribution in [0.25, 0.3) is 83.1 Å². The summed E-state index contributed by atoms with van der Waals surface area (Å²) in [5.74, 6) is 0. The van der Waals surface area contributed by atoms with Crippen molar-refractivity contribution >= 4 is 38.9 Å². The first-order valence-corrected chi connectivity index (χ1v) is 27.3. The standard InChI is InChI=1S/C76H54N2/c1-75(2)66-40-17-19-42-68(66)76(69-43-20-18-41-67(69)75)65-39-16-13-35-61(65)62-48-47-55(50-70(62)76)77(71-44-21-14-36-63(71)60-34-12-11-33-59(60)58-32-10-9-31-56(58)51-25-5-3-6-26-51)54-30-23-27-52(49-54)57-38-24-46-73-74(57)64-37-15-22-45-72(64)78(73)53-28-7-4-8-29-53/h3-50H,1-2H3. The fraction of sp³-hybridized carbons (Fsp3) is 0.0526. The second-order valence-corrected chi connectivity index (χ2v) is 21.5. The SMILES string of the molecule is CC1(C)c2ccccc2C2(c3ccccc3-c3ccc(N(c4cccc(-c5cccc6c5c5ccccc5n6-c5ccccc5)c4)c4ccccc4-c4ccccc4-c4ccccc4-c4ccccc4)cc32)c2ccccc21. The number of rotatable bonds is 8. The first-order valence-electron chi connectivity index (χ1n) is 27.3. The molecule has 368 valence electrons. The summed E-state index contributed by atoms with van der Waals surface area (Å²) in [5.41, 5.74) is 26.0. The van der Waals surface area contributed by atoms with Crippen LogP contribution in [0, 0.1) is 0 Å². The van der Waals surface area contributed by atoms with E-state index in [9.17, 15) is 0 Å². The average molecular weight is 995 g/mol. The molecule has 2 aliphatic carbocycles. The zero-order chi connectivity index (χ0) is 52.0. The van der Waals surface area contributed by atoms with Gasteiger partial charge in [-0.15, -0.1) is 0 Å². The molecule has 0 N–H and O–H groups in total. The van der Waals surface area contributed by atoms with Crippen molar-refractivity contribution in [3.8, 4) is 61.3 Å². The molecule has 12 aromatic carbocycles. The van der Waals surface area contributed by atoms with Crippen molar-refractivity contribution in [3.63, 3.8) is 0 Å². The topological polar surface area (TPSA) is 8.17 Å². The monoisotopic (exact) mass is 994 g/mol. The van der Waals surface area contributed by atoms with Crippen molar-refractivity contribution in [2.24, 2.45) is 0 Å². The fourth-order valence-electron chi connectivity index (χ4n) is 13.8. The summed E-state index contributed by atoms with van der Waals surface area (Å²) in [6.07, 6.45) is 0. The van der Waals surface area contributed by atoms with Gasteiger partial charge in [0.25, 0.3) is 0 Å². The largest absolute Gasteiger partial charge is 0.310 e. The Balaban J connectivity index is 0.997. The zero-order valence-corrected chi connectivity index (χ0v) is 43.6. The minimum atomic E-state index is -0.561. The van der Waals surface area contributed by atoms with Gasteiger partial charge in [-0.1, -0.05) is 250 Å². The summed E-state index contributed by atoms with van der Waals surface area (Å²) in [4.78, 5) is 2.54. The number of hydrogen-bond donors (Lipinski definition) is 0. The number of benzene rings is 12. The van der Waals surface area contributed by atoms with Crippen LogP contribution in [-0.2, 0) is 10.8 Å². The maximum absolute atomic E-state index is 2.54. The molecular weight excluding hydrogens is 941 g/mol. The minimum absolute atomic E-state index is 0.206. The third kappa shape index (κ3) is 6.76. The van der Waals surface area contributed by atoms with Gasteiger partial charge in [-0.25, -0.2) is 0 Å². The van der Waals surface area contributed by atoms with Gasteiger partial charge in [0, 0.05) is 38.8 Å². The molecule has 0 radical (unpaired) electrons. The molecule has 0 amide bonds. The van der Waals surface area contributed by atoms with E-state index in [-0.39, 0.29) is 5.41 Å². The Morgan fingerprint density at radius 3 is 1.49 bits per heavy atom. The van der Waals surface area contributed by atoms with Gasteiger partial charge in [0.2, 0.25) is 0 Å². The fourth-order valence-corrected chi connectivity index (χ4v) is 13.8. The molecule has 13 aromatic rings. The van der Waals surface area contributed by atoms with Crippen LogP contribution in [0.1, 0.15) is 47.2 Å². The molecule has 15 rings (SSSR count). The van der Waals surface area contributed by atoms with E-state index in [0.717, 1.165) is 33.9 Å². The predicted octanol–water partition coefficient (Wildman–Crippen LogP) is 19.9. The molecule has 0 saturated carbocycles. The minimum Gasteiger partial charge on any atom is -0.310 e. The van der Waals surface area contributed by atoms with Crippen LogP contribution in [0.3, 0.4) is 0 Å². The van der Waals surface area contributed by atoms with Gasteiger partial charge in [0.05, 0.1) is 22.1 Å². The normalized spacial score (nSPS) is 13.5. The summed E-state index contributed by atoms with van der Waals surface area (Å²) in [6, 6.07) is 108. The highest BCUT2D eigenvalue weighted by Gasteiger charge is 2.53. The van der Waals surface area contributed by atoms with E-state index in [4.69, 9.17) is 0 Å².